The first-order chi connectivity index (χ1) is 17.1. The Balaban J connectivity index is 0.00000253. The molecule has 0 aliphatic heterocycles. The zero-order chi connectivity index (χ0) is 25.9. The van der Waals surface area contributed by atoms with Crippen LogP contribution in [0.4, 0.5) is 0 Å². The third-order valence-electron chi connectivity index (χ3n) is 6.31. The van der Waals surface area contributed by atoms with Gasteiger partial charge in [-0.15, -0.1) is 0 Å². The third-order valence-corrected chi connectivity index (χ3v) is 6.31. The molecule has 2 N–H and O–H groups in total. The van der Waals surface area contributed by atoms with Gasteiger partial charge in [0.1, 0.15) is 11.3 Å². The summed E-state index contributed by atoms with van der Waals surface area (Å²) in [5.74, 6) is -2.58. The smallest absolute Gasteiger partial charge is 0.317 e. The van der Waals surface area contributed by atoms with E-state index in [1.807, 2.05) is 36.4 Å². The molecule has 0 fully saturated rings. The number of benzene rings is 3. The van der Waals surface area contributed by atoms with E-state index in [0.717, 1.165) is 39.6 Å². The van der Waals surface area contributed by atoms with Gasteiger partial charge in [-0.2, -0.15) is 0 Å². The van der Waals surface area contributed by atoms with Crippen molar-refractivity contribution in [2.45, 2.75) is 51.9 Å². The van der Waals surface area contributed by atoms with Gasteiger partial charge in [0.25, 0.3) is 0 Å². The molecule has 38 heavy (non-hydrogen) atoms. The molecule has 0 amide bonds. The fraction of sp³-hybridized carbons (Fsp3) is 0.345. The number of aromatic nitrogens is 1. The minimum atomic E-state index is -1.34. The number of fused-ring (bicyclic) bond motifs is 2. The van der Waals surface area contributed by atoms with Crippen LogP contribution in [0.2, 0.25) is 0 Å². The van der Waals surface area contributed by atoms with Crippen molar-refractivity contribution in [1.82, 2.24) is 4.98 Å². The largest absolute Gasteiger partial charge is 0.494 e. The molecular weight excluding hydrogens is 504 g/mol. The topological polar surface area (TPSA) is 110 Å². The second-order valence-electron chi connectivity index (χ2n) is 10.1. The van der Waals surface area contributed by atoms with Crippen molar-refractivity contribution < 1.29 is 29.0 Å². The van der Waals surface area contributed by atoms with E-state index in [-0.39, 0.29) is 71.0 Å². The predicted molar refractivity (Wildman–Crippen MR) is 150 cm³/mol. The number of nitrogens with zero attached hydrogens (tertiary/aromatic N) is 1. The molecule has 0 bridgehead atoms. The van der Waals surface area contributed by atoms with Crippen molar-refractivity contribution in [3.8, 4) is 17.2 Å². The summed E-state index contributed by atoms with van der Waals surface area (Å²) < 4.78 is 11.9. The van der Waals surface area contributed by atoms with Crippen LogP contribution in [0.5, 0.6) is 5.75 Å². The zero-order valence-corrected chi connectivity index (χ0v) is 26.8. The Labute approximate surface area is 266 Å². The normalized spacial score (nSPS) is 11.3. The summed E-state index contributed by atoms with van der Waals surface area (Å²) in [5.41, 5.74) is 3.78. The number of oxazole rings is 1. The SMILES string of the molecule is CC(C)(C)c1ccc2oc(-c3ccc4cc(OCCCCCC(C(=O)O)C(=O)O)ccc4c3)nc2c1.[Na].[Na]. The number of aliphatic carboxylic acids is 2. The van der Waals surface area contributed by atoms with Gasteiger partial charge in [-0.05, 0) is 71.0 Å². The van der Waals surface area contributed by atoms with Crippen LogP contribution in [-0.4, -0.2) is 92.9 Å². The van der Waals surface area contributed by atoms with Crippen molar-refractivity contribution >= 4 is 92.9 Å². The molecule has 2 radical (unpaired) electrons. The van der Waals surface area contributed by atoms with Gasteiger partial charge >= 0.3 is 11.9 Å². The zero-order valence-electron chi connectivity index (χ0n) is 22.8. The first-order valence-electron chi connectivity index (χ1n) is 12.2. The number of carbonyl (C=O) groups is 2. The van der Waals surface area contributed by atoms with E-state index in [2.05, 4.69) is 39.0 Å². The fourth-order valence-corrected chi connectivity index (χ4v) is 4.13. The van der Waals surface area contributed by atoms with Gasteiger partial charge in [-0.25, -0.2) is 4.98 Å². The summed E-state index contributed by atoms with van der Waals surface area (Å²) in [4.78, 5) is 26.6. The maximum atomic E-state index is 10.9. The Morgan fingerprint density at radius 2 is 1.58 bits per heavy atom. The maximum Gasteiger partial charge on any atom is 0.317 e. The van der Waals surface area contributed by atoms with Gasteiger partial charge in [0, 0.05) is 64.7 Å². The molecule has 1 heterocycles. The van der Waals surface area contributed by atoms with E-state index in [4.69, 9.17) is 24.4 Å². The predicted octanol–water partition coefficient (Wildman–Crippen LogP) is 5.91. The molecule has 0 unspecified atom stereocenters. The molecule has 7 nitrogen and oxygen atoms in total. The van der Waals surface area contributed by atoms with Gasteiger partial charge < -0.3 is 19.4 Å². The third kappa shape index (κ3) is 8.07. The van der Waals surface area contributed by atoms with Crippen LogP contribution in [0.3, 0.4) is 0 Å². The summed E-state index contributed by atoms with van der Waals surface area (Å²) >= 11 is 0. The molecule has 0 saturated heterocycles. The van der Waals surface area contributed by atoms with Gasteiger partial charge in [-0.3, -0.25) is 9.59 Å². The first-order valence-corrected chi connectivity index (χ1v) is 12.2. The van der Waals surface area contributed by atoms with Gasteiger partial charge in [0.2, 0.25) is 5.89 Å². The average Bonchev–Trinajstić information content (AvgIpc) is 3.25. The van der Waals surface area contributed by atoms with E-state index in [9.17, 15) is 9.59 Å². The quantitative estimate of drug-likeness (QED) is 0.148. The van der Waals surface area contributed by atoms with E-state index in [1.165, 1.54) is 5.56 Å². The van der Waals surface area contributed by atoms with Crippen molar-refractivity contribution in [1.29, 1.82) is 0 Å². The molecule has 1 aromatic heterocycles. The Morgan fingerprint density at radius 1 is 0.895 bits per heavy atom. The molecular formula is C29H31NNa2O6. The Bertz CT molecular complexity index is 1400. The monoisotopic (exact) mass is 535 g/mol. The van der Waals surface area contributed by atoms with E-state index >= 15 is 0 Å². The molecule has 4 rings (SSSR count). The van der Waals surface area contributed by atoms with Crippen LogP contribution in [0.1, 0.15) is 52.0 Å². The number of hydrogen-bond donors (Lipinski definition) is 2. The second-order valence-corrected chi connectivity index (χ2v) is 10.1. The first kappa shape index (κ1) is 32.3. The second kappa shape index (κ2) is 14.0. The van der Waals surface area contributed by atoms with E-state index < -0.39 is 17.9 Å². The molecule has 0 spiro atoms. The van der Waals surface area contributed by atoms with Crippen molar-refractivity contribution in [2.24, 2.45) is 5.92 Å². The van der Waals surface area contributed by atoms with Crippen LogP contribution < -0.4 is 4.74 Å². The molecule has 0 saturated carbocycles. The van der Waals surface area contributed by atoms with Crippen LogP contribution in [-0.2, 0) is 15.0 Å². The molecule has 0 aliphatic rings. The van der Waals surface area contributed by atoms with Gasteiger partial charge in [0.05, 0.1) is 6.61 Å². The summed E-state index contributed by atoms with van der Waals surface area (Å²) in [7, 11) is 0. The Morgan fingerprint density at radius 3 is 2.26 bits per heavy atom. The van der Waals surface area contributed by atoms with Crippen LogP contribution in [0.15, 0.2) is 59.0 Å². The molecule has 9 heteroatoms. The van der Waals surface area contributed by atoms with Gasteiger partial charge in [0.15, 0.2) is 11.5 Å². The van der Waals surface area contributed by atoms with E-state index in [1.54, 1.807) is 0 Å². The summed E-state index contributed by atoms with van der Waals surface area (Å²) in [6, 6.07) is 18.1. The molecule has 3 aromatic carbocycles. The average molecular weight is 536 g/mol. The number of hydrogen-bond acceptors (Lipinski definition) is 5. The van der Waals surface area contributed by atoms with Crippen LogP contribution >= 0.6 is 0 Å². The van der Waals surface area contributed by atoms with Crippen LogP contribution in [0.25, 0.3) is 33.3 Å². The van der Waals surface area contributed by atoms with Crippen molar-refractivity contribution in [3.63, 3.8) is 0 Å². The molecule has 0 aliphatic carbocycles. The van der Waals surface area contributed by atoms with Crippen molar-refractivity contribution in [2.75, 3.05) is 6.61 Å². The fourth-order valence-electron chi connectivity index (χ4n) is 4.13. The summed E-state index contributed by atoms with van der Waals surface area (Å²) in [6.07, 6.45) is 2.08. The number of ether oxygens (including phenoxy) is 1. The van der Waals surface area contributed by atoms with E-state index in [0.29, 0.717) is 25.3 Å². The Hall–Kier alpha value is -1.87. The minimum Gasteiger partial charge on any atom is -0.494 e. The number of unbranched alkanes of at least 4 members (excludes halogenated alkanes) is 2. The molecule has 4 aromatic rings. The van der Waals surface area contributed by atoms with Crippen molar-refractivity contribution in [3.05, 3.63) is 60.2 Å². The number of carboxylic acid groups (broad SMARTS) is 2. The number of rotatable bonds is 10. The number of carboxylic acids is 2. The molecule has 0 atom stereocenters. The Kier molecular flexibility index (Phi) is 11.9. The van der Waals surface area contributed by atoms with Crippen LogP contribution in [0, 0.1) is 5.92 Å². The maximum absolute atomic E-state index is 10.9. The minimum absolute atomic E-state index is 0. The standard InChI is InChI=1S/C29H31NO6.2Na/c1-29(2,3)21-11-13-25-24(17-21)30-26(36-25)20-9-8-19-16-22(12-10-18(19)15-20)35-14-6-4-5-7-23(27(31)32)28(33)34;;/h8-13,15-17,23H,4-7,14H2,1-3H3,(H,31,32)(H,33,34);;. The molecule has 190 valence electrons. The summed E-state index contributed by atoms with van der Waals surface area (Å²) in [6.45, 7) is 7.01. The van der Waals surface area contributed by atoms with Gasteiger partial charge in [-0.1, -0.05) is 51.8 Å². The summed E-state index contributed by atoms with van der Waals surface area (Å²) in [5, 5.41) is 19.9.